The first-order valence-corrected chi connectivity index (χ1v) is 12.4. The largest absolute Gasteiger partial charge is 0.455 e. The number of carbonyl (C=O) groups is 2. The van der Waals surface area contributed by atoms with Gasteiger partial charge in [0.2, 0.25) is 10.0 Å². The number of hydrogen-bond donors (Lipinski definition) is 0. The van der Waals surface area contributed by atoms with Crippen molar-refractivity contribution >= 4 is 32.7 Å². The molecule has 4 rings (SSSR count). The number of ether oxygens (including phenoxy) is 1. The second-order valence-electron chi connectivity index (χ2n) is 8.00. The summed E-state index contributed by atoms with van der Waals surface area (Å²) < 4.78 is 32.0. The van der Waals surface area contributed by atoms with Gasteiger partial charge in [0.25, 0.3) is 5.91 Å². The van der Waals surface area contributed by atoms with E-state index in [-0.39, 0.29) is 50.9 Å². The van der Waals surface area contributed by atoms with Crippen LogP contribution in [-0.4, -0.2) is 62.3 Å². The van der Waals surface area contributed by atoms with Gasteiger partial charge in [0.05, 0.1) is 12.2 Å². The van der Waals surface area contributed by atoms with Gasteiger partial charge in [-0.2, -0.15) is 4.31 Å². The van der Waals surface area contributed by atoms with Crippen LogP contribution in [0.1, 0.15) is 11.1 Å². The molecule has 0 aromatic heterocycles. The van der Waals surface area contributed by atoms with Crippen LogP contribution in [0.3, 0.4) is 0 Å². The molecule has 0 saturated carbocycles. The number of piperazine rings is 1. The summed E-state index contributed by atoms with van der Waals surface area (Å²) in [5.41, 5.74) is 1.58. The maximum Gasteiger partial charge on any atom is 0.310 e. The molecule has 1 heterocycles. The number of carbonyl (C=O) groups excluding carboxylic acids is 2. The Labute approximate surface area is 193 Å². The highest BCUT2D eigenvalue weighted by Crippen LogP contribution is 2.19. The molecular weight excluding hydrogens is 440 g/mol. The van der Waals surface area contributed by atoms with Crippen LogP contribution in [0.25, 0.3) is 10.8 Å². The Morgan fingerprint density at radius 3 is 2.24 bits per heavy atom. The lowest BCUT2D eigenvalue weighted by Crippen LogP contribution is -2.51. The van der Waals surface area contributed by atoms with Gasteiger partial charge in [0.1, 0.15) is 0 Å². The maximum absolute atomic E-state index is 12.7. The van der Waals surface area contributed by atoms with Crippen molar-refractivity contribution in [2.24, 2.45) is 0 Å². The number of amides is 1. The highest BCUT2D eigenvalue weighted by Gasteiger charge is 2.29. The minimum atomic E-state index is -3.45. The monoisotopic (exact) mass is 466 g/mol. The summed E-state index contributed by atoms with van der Waals surface area (Å²) in [4.78, 5) is 26.4. The molecule has 1 aliphatic heterocycles. The lowest BCUT2D eigenvalue weighted by atomic mass is 10.0. The quantitative estimate of drug-likeness (QED) is 0.500. The molecule has 1 saturated heterocycles. The van der Waals surface area contributed by atoms with Crippen molar-refractivity contribution in [1.29, 1.82) is 0 Å². The number of rotatable bonds is 7. The predicted molar refractivity (Wildman–Crippen MR) is 126 cm³/mol. The number of hydrogen-bond acceptors (Lipinski definition) is 5. The fourth-order valence-corrected chi connectivity index (χ4v) is 5.49. The average Bonchev–Trinajstić information content (AvgIpc) is 2.83. The molecule has 7 nitrogen and oxygen atoms in total. The highest BCUT2D eigenvalue weighted by molar-refractivity contribution is 7.88. The Kier molecular flexibility index (Phi) is 7.05. The second-order valence-corrected chi connectivity index (χ2v) is 9.97. The van der Waals surface area contributed by atoms with E-state index in [4.69, 9.17) is 4.74 Å². The highest BCUT2D eigenvalue weighted by atomic mass is 32.2. The van der Waals surface area contributed by atoms with Crippen LogP contribution in [0.15, 0.2) is 72.8 Å². The second kappa shape index (κ2) is 10.1. The van der Waals surface area contributed by atoms with Gasteiger partial charge in [0.15, 0.2) is 6.61 Å². The van der Waals surface area contributed by atoms with Gasteiger partial charge in [-0.1, -0.05) is 72.8 Å². The van der Waals surface area contributed by atoms with Gasteiger partial charge in [-0.15, -0.1) is 0 Å². The van der Waals surface area contributed by atoms with Crippen molar-refractivity contribution in [3.8, 4) is 0 Å². The predicted octanol–water partition coefficient (Wildman–Crippen LogP) is 2.60. The first kappa shape index (κ1) is 22.9. The normalized spacial score (nSPS) is 14.8. The van der Waals surface area contributed by atoms with E-state index in [2.05, 4.69) is 0 Å². The van der Waals surface area contributed by atoms with E-state index in [1.54, 1.807) is 17.0 Å². The van der Waals surface area contributed by atoms with Gasteiger partial charge in [-0.3, -0.25) is 9.59 Å². The van der Waals surface area contributed by atoms with Gasteiger partial charge in [-0.05, 0) is 21.9 Å². The summed E-state index contributed by atoms with van der Waals surface area (Å²) in [6, 6.07) is 22.6. The number of esters is 1. The topological polar surface area (TPSA) is 84.0 Å². The van der Waals surface area contributed by atoms with Crippen molar-refractivity contribution in [2.45, 2.75) is 12.2 Å². The molecule has 1 fully saturated rings. The molecule has 1 amide bonds. The SMILES string of the molecule is O=C(Cc1cccc2ccccc12)OCC(=O)N1CCN(S(=O)(=O)Cc2ccccc2)CC1. The fraction of sp³-hybridized carbons (Fsp3) is 0.280. The Balaban J connectivity index is 1.26. The molecular formula is C25H26N2O5S. The van der Waals surface area contributed by atoms with E-state index in [1.807, 2.05) is 60.7 Å². The Morgan fingerprint density at radius 1 is 0.818 bits per heavy atom. The zero-order valence-electron chi connectivity index (χ0n) is 18.2. The van der Waals surface area contributed by atoms with E-state index < -0.39 is 16.0 Å². The van der Waals surface area contributed by atoms with Crippen molar-refractivity contribution in [1.82, 2.24) is 9.21 Å². The van der Waals surface area contributed by atoms with Crippen molar-refractivity contribution in [3.05, 3.63) is 83.9 Å². The van der Waals surface area contributed by atoms with Crippen LogP contribution in [0.4, 0.5) is 0 Å². The Morgan fingerprint density at radius 2 is 1.48 bits per heavy atom. The fourth-order valence-electron chi connectivity index (χ4n) is 3.98. The van der Waals surface area contributed by atoms with Crippen molar-refractivity contribution < 1.29 is 22.7 Å². The summed E-state index contributed by atoms with van der Waals surface area (Å²) in [6.07, 6.45) is 0.0835. The zero-order valence-corrected chi connectivity index (χ0v) is 19.0. The molecule has 33 heavy (non-hydrogen) atoms. The Bertz CT molecular complexity index is 1230. The van der Waals surface area contributed by atoms with Gasteiger partial charge < -0.3 is 9.64 Å². The number of sulfonamides is 1. The Hall–Kier alpha value is -3.23. The lowest BCUT2D eigenvalue weighted by molar-refractivity contribution is -0.151. The number of fused-ring (bicyclic) bond motifs is 1. The summed E-state index contributed by atoms with van der Waals surface area (Å²) in [7, 11) is -3.45. The van der Waals surface area contributed by atoms with E-state index >= 15 is 0 Å². The third kappa shape index (κ3) is 5.77. The van der Waals surface area contributed by atoms with E-state index in [9.17, 15) is 18.0 Å². The maximum atomic E-state index is 12.7. The molecule has 8 heteroatoms. The smallest absolute Gasteiger partial charge is 0.310 e. The third-order valence-electron chi connectivity index (χ3n) is 5.75. The summed E-state index contributed by atoms with van der Waals surface area (Å²) in [5, 5.41) is 2.02. The molecule has 0 radical (unpaired) electrons. The molecule has 0 spiro atoms. The van der Waals surface area contributed by atoms with E-state index in [1.165, 1.54) is 4.31 Å². The summed E-state index contributed by atoms with van der Waals surface area (Å²) >= 11 is 0. The third-order valence-corrected chi connectivity index (χ3v) is 7.60. The molecule has 0 atom stereocenters. The van der Waals surface area contributed by atoms with Crippen LogP contribution in [0.5, 0.6) is 0 Å². The van der Waals surface area contributed by atoms with Gasteiger partial charge in [-0.25, -0.2) is 8.42 Å². The minimum absolute atomic E-state index is 0.0619. The summed E-state index contributed by atoms with van der Waals surface area (Å²) in [6.45, 7) is 0.650. The van der Waals surface area contributed by atoms with Crippen molar-refractivity contribution in [3.63, 3.8) is 0 Å². The van der Waals surface area contributed by atoms with E-state index in [0.717, 1.165) is 21.9 Å². The average molecular weight is 467 g/mol. The molecule has 172 valence electrons. The molecule has 0 aliphatic carbocycles. The molecule has 3 aromatic carbocycles. The van der Waals surface area contributed by atoms with Crippen LogP contribution in [-0.2, 0) is 36.5 Å². The standard InChI is InChI=1S/C25H26N2O5S/c28-24(18-32-25(29)17-22-11-6-10-21-9-4-5-12-23(21)22)26-13-15-27(16-14-26)33(30,31)19-20-7-2-1-3-8-20/h1-12H,13-19H2. The molecule has 0 unspecified atom stereocenters. The molecule has 1 aliphatic rings. The number of nitrogens with zero attached hydrogens (tertiary/aromatic N) is 2. The minimum Gasteiger partial charge on any atom is -0.455 e. The first-order chi connectivity index (χ1) is 15.9. The number of benzene rings is 3. The van der Waals surface area contributed by atoms with Crippen LogP contribution < -0.4 is 0 Å². The van der Waals surface area contributed by atoms with Crippen LogP contribution >= 0.6 is 0 Å². The van der Waals surface area contributed by atoms with E-state index in [0.29, 0.717) is 0 Å². The van der Waals surface area contributed by atoms with Crippen molar-refractivity contribution in [2.75, 3.05) is 32.8 Å². The molecule has 0 N–H and O–H groups in total. The van der Waals surface area contributed by atoms with Gasteiger partial charge >= 0.3 is 5.97 Å². The van der Waals surface area contributed by atoms with Gasteiger partial charge in [0, 0.05) is 26.2 Å². The lowest BCUT2D eigenvalue weighted by Gasteiger charge is -2.33. The molecule has 3 aromatic rings. The first-order valence-electron chi connectivity index (χ1n) is 10.8. The van der Waals surface area contributed by atoms with Crippen LogP contribution in [0.2, 0.25) is 0 Å². The van der Waals surface area contributed by atoms with Crippen LogP contribution in [0, 0.1) is 0 Å². The molecule has 0 bridgehead atoms. The zero-order chi connectivity index (χ0) is 23.3. The summed E-state index contributed by atoms with van der Waals surface area (Å²) in [5.74, 6) is -0.849.